The lowest BCUT2D eigenvalue weighted by Crippen LogP contribution is -1.85. The maximum absolute atomic E-state index is 5.48. The molecule has 0 saturated heterocycles. The quantitative estimate of drug-likeness (QED) is 0.813. The van der Waals surface area contributed by atoms with Crippen molar-refractivity contribution in [3.63, 3.8) is 0 Å². The van der Waals surface area contributed by atoms with E-state index in [4.69, 9.17) is 4.74 Å². The predicted molar refractivity (Wildman–Crippen MR) is 57.3 cm³/mol. The van der Waals surface area contributed by atoms with Gasteiger partial charge in [-0.15, -0.1) is 0 Å². The lowest BCUT2D eigenvalue weighted by molar-refractivity contribution is 0.463. The van der Waals surface area contributed by atoms with E-state index in [0.717, 1.165) is 10.2 Å². The summed E-state index contributed by atoms with van der Waals surface area (Å²) in [4.78, 5) is 4.01. The van der Waals surface area contributed by atoms with E-state index >= 15 is 0 Å². The fourth-order valence-electron chi connectivity index (χ4n) is 0.990. The summed E-state index contributed by atoms with van der Waals surface area (Å²) in [5.74, 6) is 1.35. The van der Waals surface area contributed by atoms with Crippen molar-refractivity contribution in [2.24, 2.45) is 0 Å². The summed E-state index contributed by atoms with van der Waals surface area (Å²) in [5, 5.41) is 0. The van der Waals surface area contributed by atoms with E-state index < -0.39 is 0 Å². The molecule has 0 aliphatic heterocycles. The van der Waals surface area contributed by atoms with E-state index in [1.807, 2.05) is 24.3 Å². The highest BCUT2D eigenvalue weighted by Crippen LogP contribution is 2.20. The molecule has 0 bridgehead atoms. The molecule has 1 aromatic carbocycles. The Labute approximate surface area is 90.7 Å². The normalized spacial score (nSPS) is 9.79. The fraction of sp³-hybridized carbons (Fsp3) is 0. The van der Waals surface area contributed by atoms with Crippen LogP contribution in [0.3, 0.4) is 0 Å². The third-order valence-corrected chi connectivity index (χ3v) is 2.15. The third kappa shape index (κ3) is 2.33. The number of hydrogen-bond donors (Lipinski definition) is 0. The summed E-state index contributed by atoms with van der Waals surface area (Å²) >= 11 is 3.35. The second-order valence-electron chi connectivity index (χ2n) is 2.65. The van der Waals surface area contributed by atoms with E-state index in [0.29, 0.717) is 5.88 Å². The zero-order chi connectivity index (χ0) is 9.80. The van der Waals surface area contributed by atoms with E-state index in [2.05, 4.69) is 27.0 Å². The van der Waals surface area contributed by atoms with Crippen LogP contribution in [0.2, 0.25) is 0 Å². The molecule has 2 aromatic rings. The Morgan fingerprint density at radius 3 is 2.57 bits per heavy atom. The standard InChI is InChI=1S/C11H7BrNO/c12-9-4-6-10(7-5-9)14-11-3-1-2-8-13-11/h1,3-8H. The van der Waals surface area contributed by atoms with E-state index in [1.165, 1.54) is 0 Å². The Kier molecular flexibility index (Phi) is 2.79. The SMILES string of the molecule is Brc1ccc(Oc2cc[c]cn2)cc1. The summed E-state index contributed by atoms with van der Waals surface area (Å²) in [5.41, 5.74) is 0. The highest BCUT2D eigenvalue weighted by atomic mass is 79.9. The molecule has 14 heavy (non-hydrogen) atoms. The van der Waals surface area contributed by atoms with E-state index in [1.54, 1.807) is 18.3 Å². The van der Waals surface area contributed by atoms with E-state index in [9.17, 15) is 0 Å². The number of halogens is 1. The van der Waals surface area contributed by atoms with E-state index in [-0.39, 0.29) is 0 Å². The van der Waals surface area contributed by atoms with Gasteiger partial charge in [0.05, 0.1) is 0 Å². The summed E-state index contributed by atoms with van der Waals surface area (Å²) in [6, 6.07) is 14.0. The molecular weight excluding hydrogens is 242 g/mol. The van der Waals surface area contributed by atoms with Crippen molar-refractivity contribution in [3.05, 3.63) is 53.1 Å². The van der Waals surface area contributed by atoms with Crippen LogP contribution in [0.15, 0.2) is 47.1 Å². The van der Waals surface area contributed by atoms with Crippen LogP contribution in [0.4, 0.5) is 0 Å². The summed E-state index contributed by atoms with van der Waals surface area (Å²) in [6.07, 6.45) is 1.58. The van der Waals surface area contributed by atoms with Crippen LogP contribution in [0.1, 0.15) is 0 Å². The zero-order valence-electron chi connectivity index (χ0n) is 7.27. The molecule has 2 rings (SSSR count). The molecular formula is C11H7BrNO. The van der Waals surface area contributed by atoms with Gasteiger partial charge in [0.1, 0.15) is 5.75 Å². The van der Waals surface area contributed by atoms with Crippen molar-refractivity contribution >= 4 is 15.9 Å². The molecule has 0 N–H and O–H groups in total. The molecule has 1 aromatic heterocycles. The number of aromatic nitrogens is 1. The Hall–Kier alpha value is -1.35. The first-order chi connectivity index (χ1) is 6.84. The van der Waals surface area contributed by atoms with Gasteiger partial charge in [-0.2, -0.15) is 0 Å². The molecule has 3 heteroatoms. The van der Waals surface area contributed by atoms with Crippen molar-refractivity contribution in [2.45, 2.75) is 0 Å². The van der Waals surface area contributed by atoms with Crippen LogP contribution in [0.5, 0.6) is 11.6 Å². The molecule has 1 heterocycles. The molecule has 0 fully saturated rings. The molecule has 0 amide bonds. The minimum Gasteiger partial charge on any atom is -0.439 e. The number of rotatable bonds is 2. The minimum atomic E-state index is 0.575. The average Bonchev–Trinajstić information content (AvgIpc) is 2.23. The molecule has 0 atom stereocenters. The lowest BCUT2D eigenvalue weighted by Gasteiger charge is -2.03. The zero-order valence-corrected chi connectivity index (χ0v) is 8.86. The van der Waals surface area contributed by atoms with Gasteiger partial charge in [-0.1, -0.05) is 15.9 Å². The Bertz CT molecular complexity index is 399. The Morgan fingerprint density at radius 2 is 1.93 bits per heavy atom. The molecule has 0 saturated carbocycles. The second kappa shape index (κ2) is 4.24. The predicted octanol–water partition coefficient (Wildman–Crippen LogP) is 3.44. The smallest absolute Gasteiger partial charge is 0.219 e. The van der Waals surface area contributed by atoms with Gasteiger partial charge in [0.2, 0.25) is 5.88 Å². The third-order valence-electron chi connectivity index (χ3n) is 1.62. The van der Waals surface area contributed by atoms with Gasteiger partial charge in [-0.25, -0.2) is 4.98 Å². The topological polar surface area (TPSA) is 22.1 Å². The number of ether oxygens (including phenoxy) is 1. The molecule has 0 aliphatic carbocycles. The summed E-state index contributed by atoms with van der Waals surface area (Å²) in [7, 11) is 0. The number of hydrogen-bond acceptors (Lipinski definition) is 2. The summed E-state index contributed by atoms with van der Waals surface area (Å²) in [6.45, 7) is 0. The molecule has 69 valence electrons. The molecule has 0 spiro atoms. The number of nitrogens with zero attached hydrogens (tertiary/aromatic N) is 1. The highest BCUT2D eigenvalue weighted by Gasteiger charge is 1.96. The molecule has 0 unspecified atom stereocenters. The van der Waals surface area contributed by atoms with Crippen molar-refractivity contribution < 1.29 is 4.74 Å². The van der Waals surface area contributed by atoms with Crippen LogP contribution in [0.25, 0.3) is 0 Å². The van der Waals surface area contributed by atoms with Crippen molar-refractivity contribution in [3.8, 4) is 11.6 Å². The van der Waals surface area contributed by atoms with Crippen molar-refractivity contribution in [2.75, 3.05) is 0 Å². The van der Waals surface area contributed by atoms with Gasteiger partial charge in [0.15, 0.2) is 0 Å². The van der Waals surface area contributed by atoms with Gasteiger partial charge < -0.3 is 4.74 Å². The molecule has 0 aliphatic rings. The van der Waals surface area contributed by atoms with Crippen LogP contribution >= 0.6 is 15.9 Å². The first kappa shape index (κ1) is 9.21. The first-order valence-corrected chi connectivity index (χ1v) is 4.89. The van der Waals surface area contributed by atoms with Gasteiger partial charge in [0, 0.05) is 22.8 Å². The molecule has 2 nitrogen and oxygen atoms in total. The molecule has 1 radical (unpaired) electrons. The maximum Gasteiger partial charge on any atom is 0.219 e. The van der Waals surface area contributed by atoms with Crippen molar-refractivity contribution in [1.82, 2.24) is 4.98 Å². The highest BCUT2D eigenvalue weighted by molar-refractivity contribution is 9.10. The van der Waals surface area contributed by atoms with Crippen LogP contribution in [0, 0.1) is 6.07 Å². The van der Waals surface area contributed by atoms with Gasteiger partial charge in [-0.3, -0.25) is 0 Å². The largest absolute Gasteiger partial charge is 0.439 e. The van der Waals surface area contributed by atoms with Crippen LogP contribution < -0.4 is 4.74 Å². The van der Waals surface area contributed by atoms with Crippen molar-refractivity contribution in [1.29, 1.82) is 0 Å². The lowest BCUT2D eigenvalue weighted by atomic mass is 10.3. The van der Waals surface area contributed by atoms with Gasteiger partial charge in [-0.05, 0) is 30.3 Å². The Morgan fingerprint density at radius 1 is 1.14 bits per heavy atom. The second-order valence-corrected chi connectivity index (χ2v) is 3.57. The maximum atomic E-state index is 5.48. The number of benzene rings is 1. The summed E-state index contributed by atoms with van der Waals surface area (Å²) < 4.78 is 6.51. The minimum absolute atomic E-state index is 0.575. The van der Waals surface area contributed by atoms with Crippen LogP contribution in [-0.4, -0.2) is 4.98 Å². The van der Waals surface area contributed by atoms with Gasteiger partial charge in [0.25, 0.3) is 0 Å². The average molecular weight is 249 g/mol. The number of pyridine rings is 1. The monoisotopic (exact) mass is 248 g/mol. The first-order valence-electron chi connectivity index (χ1n) is 4.10. The Balaban J connectivity index is 2.16. The van der Waals surface area contributed by atoms with Crippen LogP contribution in [-0.2, 0) is 0 Å². The fourth-order valence-corrected chi connectivity index (χ4v) is 1.25. The van der Waals surface area contributed by atoms with Gasteiger partial charge >= 0.3 is 0 Å².